The second-order valence-electron chi connectivity index (χ2n) is 11.0. The summed E-state index contributed by atoms with van der Waals surface area (Å²) in [5.74, 6) is 0.576. The van der Waals surface area contributed by atoms with Gasteiger partial charge >= 0.3 is 0 Å². The number of rotatable bonds is 6. The van der Waals surface area contributed by atoms with Crippen molar-refractivity contribution in [1.82, 2.24) is 0 Å². The van der Waals surface area contributed by atoms with Crippen LogP contribution in [0.4, 0.5) is 0 Å². The van der Waals surface area contributed by atoms with Crippen molar-refractivity contribution in [1.29, 1.82) is 0 Å². The summed E-state index contributed by atoms with van der Waals surface area (Å²) in [6.45, 7) is 4.28. The van der Waals surface area contributed by atoms with Gasteiger partial charge in [-0.25, -0.2) is 0 Å². The van der Waals surface area contributed by atoms with Gasteiger partial charge in [-0.05, 0) is 83.0 Å². The van der Waals surface area contributed by atoms with Crippen molar-refractivity contribution in [2.24, 2.45) is 0 Å². The highest BCUT2D eigenvalue weighted by molar-refractivity contribution is 5.54. The number of phenols is 2. The molecule has 0 aliphatic heterocycles. The smallest absolute Gasteiger partial charge is 0.122 e. The molecule has 2 aliphatic rings. The Bertz CT molecular complexity index is 902. The Balaban J connectivity index is 1.77. The fourth-order valence-electron chi connectivity index (χ4n) is 6.30. The topological polar surface area (TPSA) is 80.9 Å². The van der Waals surface area contributed by atoms with Crippen LogP contribution < -0.4 is 0 Å². The van der Waals surface area contributed by atoms with E-state index in [0.717, 1.165) is 84.7 Å². The summed E-state index contributed by atoms with van der Waals surface area (Å²) in [6, 6.07) is 7.64. The van der Waals surface area contributed by atoms with Gasteiger partial charge < -0.3 is 20.4 Å². The highest BCUT2D eigenvalue weighted by Crippen LogP contribution is 2.47. The molecule has 0 radical (unpaired) electrons. The summed E-state index contributed by atoms with van der Waals surface area (Å²) in [6.07, 6.45) is 11.5. The zero-order valence-electron chi connectivity index (χ0n) is 20.3. The average Bonchev–Trinajstić information content (AvgIpc) is 2.82. The molecule has 4 nitrogen and oxygen atoms in total. The van der Waals surface area contributed by atoms with Crippen LogP contribution in [0.15, 0.2) is 24.3 Å². The number of aliphatic hydroxyl groups excluding tert-OH is 2. The lowest BCUT2D eigenvalue weighted by atomic mass is 9.69. The maximum absolute atomic E-state index is 11.4. The molecule has 0 bridgehead atoms. The van der Waals surface area contributed by atoms with E-state index in [-0.39, 0.29) is 35.5 Å². The lowest BCUT2D eigenvalue weighted by molar-refractivity contribution is 0.278. The molecule has 2 saturated carbocycles. The summed E-state index contributed by atoms with van der Waals surface area (Å²) in [7, 11) is 0. The molecular weight excluding hydrogens is 412 g/mol. The van der Waals surface area contributed by atoms with Crippen molar-refractivity contribution in [2.45, 2.75) is 109 Å². The summed E-state index contributed by atoms with van der Waals surface area (Å²) in [5.41, 5.74) is 4.68. The first-order valence-corrected chi connectivity index (χ1v) is 12.7. The van der Waals surface area contributed by atoms with Crippen LogP contribution >= 0.6 is 0 Å². The number of phenolic OH excluding ortho intramolecular Hbond substituents is 2. The molecule has 2 aromatic rings. The molecule has 2 aliphatic carbocycles. The minimum Gasteiger partial charge on any atom is -0.507 e. The van der Waals surface area contributed by atoms with E-state index in [2.05, 4.69) is 13.8 Å². The Morgan fingerprint density at radius 3 is 1.30 bits per heavy atom. The lowest BCUT2D eigenvalue weighted by Crippen LogP contribution is -2.26. The number of aliphatic hydroxyl groups is 2. The highest BCUT2D eigenvalue weighted by Gasteiger charge is 2.34. The molecule has 2 fully saturated rings. The zero-order valence-corrected chi connectivity index (χ0v) is 20.3. The van der Waals surface area contributed by atoms with Gasteiger partial charge in [-0.15, -0.1) is 0 Å². The Kier molecular flexibility index (Phi) is 7.07. The third-order valence-electron chi connectivity index (χ3n) is 8.46. The van der Waals surface area contributed by atoms with E-state index < -0.39 is 0 Å². The van der Waals surface area contributed by atoms with Crippen molar-refractivity contribution < 1.29 is 20.4 Å². The molecule has 4 rings (SSSR count). The second-order valence-corrected chi connectivity index (χ2v) is 11.0. The maximum Gasteiger partial charge on any atom is 0.122 e. The van der Waals surface area contributed by atoms with Crippen LogP contribution in [-0.4, -0.2) is 20.4 Å². The van der Waals surface area contributed by atoms with E-state index in [4.69, 9.17) is 0 Å². The number of aromatic hydroxyl groups is 2. The molecule has 0 saturated heterocycles. The minimum absolute atomic E-state index is 0.0810. The monoisotopic (exact) mass is 452 g/mol. The van der Waals surface area contributed by atoms with E-state index >= 15 is 0 Å². The van der Waals surface area contributed by atoms with Crippen molar-refractivity contribution in [2.75, 3.05) is 0 Å². The largest absolute Gasteiger partial charge is 0.507 e. The number of hydrogen-bond donors (Lipinski definition) is 4. The summed E-state index contributed by atoms with van der Waals surface area (Å²) in [5, 5.41) is 42.6. The van der Waals surface area contributed by atoms with E-state index in [1.165, 1.54) is 12.8 Å². The van der Waals surface area contributed by atoms with E-state index in [0.29, 0.717) is 6.42 Å². The van der Waals surface area contributed by atoms with Crippen molar-refractivity contribution >= 4 is 0 Å². The zero-order chi connectivity index (χ0) is 23.6. The van der Waals surface area contributed by atoms with Gasteiger partial charge in [0.2, 0.25) is 0 Å². The van der Waals surface area contributed by atoms with Crippen molar-refractivity contribution in [3.8, 4) is 11.5 Å². The van der Waals surface area contributed by atoms with Gasteiger partial charge in [-0.2, -0.15) is 0 Å². The van der Waals surface area contributed by atoms with Crippen molar-refractivity contribution in [3.05, 3.63) is 57.6 Å². The van der Waals surface area contributed by atoms with Crippen LogP contribution in [0.5, 0.6) is 11.5 Å². The fourth-order valence-corrected chi connectivity index (χ4v) is 6.30. The Labute approximate surface area is 198 Å². The molecule has 0 heterocycles. The van der Waals surface area contributed by atoms with Gasteiger partial charge in [0.15, 0.2) is 0 Å². The third-order valence-corrected chi connectivity index (χ3v) is 8.46. The minimum atomic E-state index is -0.0992. The first-order valence-electron chi connectivity index (χ1n) is 12.7. The van der Waals surface area contributed by atoms with Crippen LogP contribution in [0.25, 0.3) is 0 Å². The molecule has 0 amide bonds. The standard InChI is InChI=1S/C29H40O4/c1-28(9-5-3-6-10-28)24-15-20(18-30)13-22(26(24)32)17-23-14-21(19-31)16-25(27(23)33)29(2)11-7-4-8-12-29/h13-16,30-33H,3-12,17-19H2,1-2H3. The van der Waals surface area contributed by atoms with Gasteiger partial charge in [0.25, 0.3) is 0 Å². The summed E-state index contributed by atoms with van der Waals surface area (Å²) < 4.78 is 0. The molecule has 0 spiro atoms. The first-order chi connectivity index (χ1) is 15.8. The summed E-state index contributed by atoms with van der Waals surface area (Å²) >= 11 is 0. The van der Waals surface area contributed by atoms with Gasteiger partial charge in [-0.1, -0.05) is 52.4 Å². The molecule has 4 N–H and O–H groups in total. The Hall–Kier alpha value is -2.04. The molecular formula is C29H40O4. The van der Waals surface area contributed by atoms with E-state index in [9.17, 15) is 20.4 Å². The van der Waals surface area contributed by atoms with Gasteiger partial charge in [0.05, 0.1) is 13.2 Å². The maximum atomic E-state index is 11.4. The molecule has 0 atom stereocenters. The Morgan fingerprint density at radius 2 is 0.970 bits per heavy atom. The van der Waals surface area contributed by atoms with Crippen LogP contribution in [0.3, 0.4) is 0 Å². The highest BCUT2D eigenvalue weighted by atomic mass is 16.3. The van der Waals surface area contributed by atoms with Crippen LogP contribution in [-0.2, 0) is 30.5 Å². The normalized spacial score (nSPS) is 20.0. The third kappa shape index (κ3) is 4.79. The molecule has 4 heteroatoms. The molecule has 0 unspecified atom stereocenters. The predicted molar refractivity (Wildman–Crippen MR) is 132 cm³/mol. The van der Waals surface area contributed by atoms with E-state index in [1.54, 1.807) is 0 Å². The van der Waals surface area contributed by atoms with Gasteiger partial charge in [-0.3, -0.25) is 0 Å². The predicted octanol–water partition coefficient (Wildman–Crippen LogP) is 6.12. The summed E-state index contributed by atoms with van der Waals surface area (Å²) in [4.78, 5) is 0. The molecule has 33 heavy (non-hydrogen) atoms. The average molecular weight is 453 g/mol. The number of hydrogen-bond acceptors (Lipinski definition) is 4. The molecule has 2 aromatic carbocycles. The fraction of sp³-hybridized carbons (Fsp3) is 0.586. The Morgan fingerprint density at radius 1 is 0.606 bits per heavy atom. The van der Waals surface area contributed by atoms with Crippen LogP contribution in [0.1, 0.15) is 111 Å². The van der Waals surface area contributed by atoms with E-state index in [1.807, 2.05) is 24.3 Å². The first kappa shape index (κ1) is 24.1. The quantitative estimate of drug-likeness (QED) is 0.426. The second kappa shape index (κ2) is 9.68. The van der Waals surface area contributed by atoms with Crippen LogP contribution in [0.2, 0.25) is 0 Å². The molecule has 0 aromatic heterocycles. The van der Waals surface area contributed by atoms with Crippen molar-refractivity contribution in [3.63, 3.8) is 0 Å². The van der Waals surface area contributed by atoms with Gasteiger partial charge in [0, 0.05) is 17.5 Å². The SMILES string of the molecule is CC1(c2cc(CO)cc(Cc3cc(CO)cc(C4(C)CCCCC4)c3O)c2O)CCCCC1. The van der Waals surface area contributed by atoms with Gasteiger partial charge in [0.1, 0.15) is 11.5 Å². The van der Waals surface area contributed by atoms with Crippen LogP contribution in [0, 0.1) is 0 Å². The molecule has 180 valence electrons. The lowest BCUT2D eigenvalue weighted by Gasteiger charge is -2.36. The number of benzene rings is 2.